The number of benzene rings is 1. The van der Waals surface area contributed by atoms with Crippen molar-refractivity contribution in [3.8, 4) is 5.75 Å². The van der Waals surface area contributed by atoms with Crippen LogP contribution in [-0.2, 0) is 47.4 Å². The maximum atomic E-state index is 11.9. The molecule has 1 aromatic carbocycles. The van der Waals surface area contributed by atoms with E-state index in [9.17, 15) is 4.79 Å². The van der Waals surface area contributed by atoms with Crippen LogP contribution in [0.2, 0.25) is 0 Å². The van der Waals surface area contributed by atoms with Gasteiger partial charge in [-0.25, -0.2) is 4.79 Å². The van der Waals surface area contributed by atoms with E-state index in [1.165, 1.54) is 6.26 Å². The molecule has 0 spiro atoms. The van der Waals surface area contributed by atoms with Gasteiger partial charge in [0.2, 0.25) is 0 Å². The summed E-state index contributed by atoms with van der Waals surface area (Å²) < 4.78 is 53.5. The number of aliphatic hydroxyl groups excluding tert-OH is 1. The van der Waals surface area contributed by atoms with Gasteiger partial charge in [0, 0.05) is 0 Å². The minimum Gasteiger partial charge on any atom is -0.498 e. The van der Waals surface area contributed by atoms with Gasteiger partial charge in [0.1, 0.15) is 12.4 Å². The van der Waals surface area contributed by atoms with Crippen LogP contribution in [0, 0.1) is 0 Å². The Morgan fingerprint density at radius 1 is 0.575 bits per heavy atom. The minimum atomic E-state index is -0.460. The number of carbonyl (C=O) groups excluding carboxylic acids is 1. The van der Waals surface area contributed by atoms with Crippen molar-refractivity contribution in [1.82, 2.24) is 0 Å². The third-order valence-electron chi connectivity index (χ3n) is 4.72. The number of esters is 1. The predicted molar refractivity (Wildman–Crippen MR) is 145 cm³/mol. The summed E-state index contributed by atoms with van der Waals surface area (Å²) in [7, 11) is 0. The Morgan fingerprint density at radius 3 is 1.30 bits per heavy atom. The van der Waals surface area contributed by atoms with Crippen molar-refractivity contribution in [2.45, 2.75) is 6.92 Å². The number of aliphatic hydroxyl groups is 1. The molecule has 0 bridgehead atoms. The van der Waals surface area contributed by atoms with Gasteiger partial charge < -0.3 is 52.5 Å². The third-order valence-corrected chi connectivity index (χ3v) is 4.72. The van der Waals surface area contributed by atoms with Crippen molar-refractivity contribution in [2.24, 2.45) is 0 Å². The molecular formula is C28H46O12. The van der Waals surface area contributed by atoms with E-state index in [1.54, 1.807) is 31.2 Å². The first-order valence-corrected chi connectivity index (χ1v) is 13.5. The molecule has 0 amide bonds. The quantitative estimate of drug-likeness (QED) is 0.0491. The lowest BCUT2D eigenvalue weighted by Crippen LogP contribution is -2.15. The van der Waals surface area contributed by atoms with Gasteiger partial charge in [0.25, 0.3) is 0 Å². The van der Waals surface area contributed by atoms with Crippen molar-refractivity contribution < 1.29 is 57.3 Å². The van der Waals surface area contributed by atoms with Gasteiger partial charge in [-0.1, -0.05) is 18.2 Å². The van der Waals surface area contributed by atoms with E-state index in [1.807, 2.05) is 6.07 Å². The number of para-hydroxylation sites is 1. The van der Waals surface area contributed by atoms with E-state index in [0.717, 1.165) is 0 Å². The molecule has 12 nitrogen and oxygen atoms in total. The molecule has 1 aromatic rings. The van der Waals surface area contributed by atoms with Crippen LogP contribution in [0.25, 0.3) is 0 Å². The summed E-state index contributed by atoms with van der Waals surface area (Å²) in [6, 6.07) is 8.86. The molecule has 0 saturated carbocycles. The second-order valence-electron chi connectivity index (χ2n) is 8.00. The van der Waals surface area contributed by atoms with Crippen LogP contribution in [0.15, 0.2) is 42.2 Å². The molecule has 1 N–H and O–H groups in total. The molecule has 40 heavy (non-hydrogen) atoms. The summed E-state index contributed by atoms with van der Waals surface area (Å²) in [5.74, 6) is 0.0255. The average Bonchev–Trinajstić information content (AvgIpc) is 2.97. The fourth-order valence-corrected chi connectivity index (χ4v) is 2.72. The lowest BCUT2D eigenvalue weighted by molar-refractivity contribution is -0.130. The number of rotatable bonds is 29. The van der Waals surface area contributed by atoms with Gasteiger partial charge in [-0.05, 0) is 19.1 Å². The summed E-state index contributed by atoms with van der Waals surface area (Å²) in [6.45, 7) is 9.40. The maximum absolute atomic E-state index is 11.9. The number of hydrogen-bond acceptors (Lipinski definition) is 12. The number of ether oxygens (including phenoxy) is 10. The Labute approximate surface area is 237 Å². The Morgan fingerprint density at radius 2 is 0.925 bits per heavy atom. The molecule has 0 fully saturated rings. The molecule has 0 heterocycles. The van der Waals surface area contributed by atoms with Gasteiger partial charge in [0.05, 0.1) is 124 Å². The highest BCUT2D eigenvalue weighted by Gasteiger charge is 2.07. The molecule has 0 saturated heterocycles. The predicted octanol–water partition coefficient (Wildman–Crippen LogP) is 1.64. The SMILES string of the molecule is CC(=COCCOCCOCCOCCOCCOCCOCCOCCOCCO)C(=O)Oc1ccccc1. The lowest BCUT2D eigenvalue weighted by atomic mass is 10.3. The zero-order valence-electron chi connectivity index (χ0n) is 23.6. The van der Waals surface area contributed by atoms with Crippen molar-refractivity contribution >= 4 is 5.97 Å². The highest BCUT2D eigenvalue weighted by atomic mass is 16.6. The van der Waals surface area contributed by atoms with E-state index < -0.39 is 5.97 Å². The molecule has 0 aliphatic rings. The summed E-state index contributed by atoms with van der Waals surface area (Å²) in [5, 5.41) is 8.56. The molecule has 0 aliphatic heterocycles. The lowest BCUT2D eigenvalue weighted by Gasteiger charge is -2.08. The molecule has 230 valence electrons. The van der Waals surface area contributed by atoms with Crippen molar-refractivity contribution in [1.29, 1.82) is 0 Å². The normalized spacial score (nSPS) is 11.6. The molecule has 1 rings (SSSR count). The van der Waals surface area contributed by atoms with Gasteiger partial charge in [0.15, 0.2) is 0 Å². The van der Waals surface area contributed by atoms with Crippen LogP contribution in [0.3, 0.4) is 0 Å². The summed E-state index contributed by atoms with van der Waals surface area (Å²) in [6.07, 6.45) is 1.37. The third kappa shape index (κ3) is 23.7. The van der Waals surface area contributed by atoms with Gasteiger partial charge in [-0.2, -0.15) is 0 Å². The van der Waals surface area contributed by atoms with Crippen LogP contribution >= 0.6 is 0 Å². The molecule has 0 atom stereocenters. The summed E-state index contributed by atoms with van der Waals surface area (Å²) >= 11 is 0. The molecule has 0 aromatic heterocycles. The first kappa shape index (κ1) is 35.9. The molecule has 0 unspecified atom stereocenters. The average molecular weight is 575 g/mol. The molecular weight excluding hydrogens is 528 g/mol. The molecule has 0 radical (unpaired) electrons. The molecule has 12 heteroatoms. The first-order valence-electron chi connectivity index (χ1n) is 13.5. The molecule has 0 aliphatic carbocycles. The standard InChI is InChI=1S/C28H46O12/c1-26(28(30)40-27-5-3-2-4-6-27)25-39-24-23-38-22-21-37-20-19-36-18-17-35-16-15-34-14-13-33-12-11-32-10-9-31-8-7-29/h2-6,25,29H,7-24H2,1H3. The fourth-order valence-electron chi connectivity index (χ4n) is 2.72. The second kappa shape index (κ2) is 28.4. The topological polar surface area (TPSA) is 130 Å². The van der Waals surface area contributed by atoms with Crippen LogP contribution in [0.4, 0.5) is 0 Å². The number of hydrogen-bond donors (Lipinski definition) is 1. The Bertz CT molecular complexity index is 717. The zero-order valence-corrected chi connectivity index (χ0v) is 23.6. The van der Waals surface area contributed by atoms with Crippen molar-refractivity contribution in [3.63, 3.8) is 0 Å². The van der Waals surface area contributed by atoms with Crippen LogP contribution < -0.4 is 4.74 Å². The monoisotopic (exact) mass is 574 g/mol. The zero-order chi connectivity index (χ0) is 28.8. The van der Waals surface area contributed by atoms with Gasteiger partial charge >= 0.3 is 5.97 Å². The van der Waals surface area contributed by atoms with E-state index >= 15 is 0 Å². The Balaban J connectivity index is 1.73. The van der Waals surface area contributed by atoms with E-state index in [-0.39, 0.29) is 6.61 Å². The smallest absolute Gasteiger partial charge is 0.342 e. The second-order valence-corrected chi connectivity index (χ2v) is 8.00. The Hall–Kier alpha value is -2.13. The van der Waals surface area contributed by atoms with E-state index in [0.29, 0.717) is 124 Å². The largest absolute Gasteiger partial charge is 0.498 e. The van der Waals surface area contributed by atoms with Crippen LogP contribution in [-0.4, -0.2) is 130 Å². The van der Waals surface area contributed by atoms with Gasteiger partial charge in [-0.15, -0.1) is 0 Å². The van der Waals surface area contributed by atoms with Gasteiger partial charge in [-0.3, -0.25) is 0 Å². The summed E-state index contributed by atoms with van der Waals surface area (Å²) in [5.41, 5.74) is 0.365. The van der Waals surface area contributed by atoms with Crippen LogP contribution in [0.5, 0.6) is 5.75 Å². The highest BCUT2D eigenvalue weighted by molar-refractivity contribution is 5.89. The number of carbonyl (C=O) groups is 1. The maximum Gasteiger partial charge on any atom is 0.342 e. The first-order chi connectivity index (χ1) is 19.7. The fraction of sp³-hybridized carbons (Fsp3) is 0.679. The van der Waals surface area contributed by atoms with Crippen molar-refractivity contribution in [2.75, 3.05) is 119 Å². The van der Waals surface area contributed by atoms with Crippen LogP contribution in [0.1, 0.15) is 6.92 Å². The highest BCUT2D eigenvalue weighted by Crippen LogP contribution is 2.10. The summed E-state index contributed by atoms with van der Waals surface area (Å²) in [4.78, 5) is 11.9. The van der Waals surface area contributed by atoms with Crippen molar-refractivity contribution in [3.05, 3.63) is 42.2 Å². The Kier molecular flexibility index (Phi) is 25.5. The van der Waals surface area contributed by atoms with E-state index in [2.05, 4.69) is 0 Å². The van der Waals surface area contributed by atoms with E-state index in [4.69, 9.17) is 52.5 Å². The minimum absolute atomic E-state index is 0.0211.